The number of ketones is 2. The number of aliphatic hydroxyl groups is 8. The van der Waals surface area contributed by atoms with Crippen molar-refractivity contribution < 1.29 is 75.2 Å². The maximum Gasteiger partial charge on any atom is 0.237 e. The molecule has 40 heavy (non-hydrogen) atoms. The van der Waals surface area contributed by atoms with Crippen molar-refractivity contribution >= 4 is 40.8 Å². The van der Waals surface area contributed by atoms with Crippen LogP contribution in [0.15, 0.2) is 15.4 Å². The van der Waals surface area contributed by atoms with Gasteiger partial charge in [0.2, 0.25) is 11.6 Å². The molecule has 2 aliphatic heterocycles. The zero-order chi connectivity index (χ0) is 29.8. The van der Waals surface area contributed by atoms with Crippen molar-refractivity contribution in [2.24, 2.45) is 0 Å². The molecule has 0 spiro atoms. The summed E-state index contributed by atoms with van der Waals surface area (Å²) in [7, 11) is 0. The minimum atomic E-state index is -1.86. The second-order valence-electron chi connectivity index (χ2n) is 9.35. The molecule has 0 radical (unpaired) electrons. The normalized spacial score (nSPS) is 36.6. The van der Waals surface area contributed by atoms with Crippen LogP contribution in [-0.2, 0) is 14.3 Å². The van der Waals surface area contributed by atoms with Crippen molar-refractivity contribution in [2.75, 3.05) is 13.2 Å². The summed E-state index contributed by atoms with van der Waals surface area (Å²) < 4.78 is 10.9. The number of allylic oxidation sites excluding steroid dienone is 1. The van der Waals surface area contributed by atoms with Gasteiger partial charge in [-0.15, -0.1) is 0 Å². The first-order chi connectivity index (χ1) is 18.8. The van der Waals surface area contributed by atoms with Crippen LogP contribution in [0.1, 0.15) is 22.8 Å². The van der Waals surface area contributed by atoms with E-state index in [1.807, 2.05) is 0 Å². The van der Waals surface area contributed by atoms with Gasteiger partial charge in [0.05, 0.1) is 28.6 Å². The summed E-state index contributed by atoms with van der Waals surface area (Å²) >= 11 is 0.775. The molecule has 3 aliphatic rings. The summed E-state index contributed by atoms with van der Waals surface area (Å²) in [6.45, 7) is -0.547. The Bertz CT molecular complexity index is 1220. The summed E-state index contributed by atoms with van der Waals surface area (Å²) in [6.07, 6.45) is -13.6. The van der Waals surface area contributed by atoms with Gasteiger partial charge in [-0.1, -0.05) is 29.3 Å². The topological polar surface area (TPSA) is 278 Å². The monoisotopic (exact) mass is 607 g/mol. The van der Waals surface area contributed by atoms with Gasteiger partial charge in [0.1, 0.15) is 71.2 Å². The molecular formula is C23H27O15S2-. The van der Waals surface area contributed by atoms with E-state index in [-0.39, 0.29) is 0 Å². The molecule has 0 unspecified atom stereocenters. The third-order valence-corrected chi connectivity index (χ3v) is 9.51. The van der Waals surface area contributed by atoms with Gasteiger partial charge in [-0.3, -0.25) is 9.59 Å². The molecule has 15 nitrogen and oxygen atoms in total. The predicted octanol–water partition coefficient (Wildman–Crippen LogP) is -4.26. The van der Waals surface area contributed by atoms with Crippen molar-refractivity contribution in [3.05, 3.63) is 16.7 Å². The van der Waals surface area contributed by atoms with Gasteiger partial charge >= 0.3 is 0 Å². The van der Waals surface area contributed by atoms with E-state index in [1.165, 1.54) is 0 Å². The van der Waals surface area contributed by atoms with E-state index >= 15 is 0 Å². The lowest BCUT2D eigenvalue weighted by Crippen LogP contribution is -2.57. The Morgan fingerprint density at radius 2 is 1.07 bits per heavy atom. The number of benzene rings is 1. The highest BCUT2D eigenvalue weighted by molar-refractivity contribution is 8.03. The molecule has 0 saturated carbocycles. The van der Waals surface area contributed by atoms with Crippen LogP contribution in [0.4, 0.5) is 0 Å². The molecule has 2 saturated heterocycles. The number of carbonyl (C=O) groups excluding carboxylic acids is 2. The summed E-state index contributed by atoms with van der Waals surface area (Å²) in [4.78, 5) is 24.2. The number of aliphatic hydroxyl groups excluding tert-OH is 8. The first kappa shape index (κ1) is 30.9. The van der Waals surface area contributed by atoms with Crippen LogP contribution in [0.3, 0.4) is 0 Å². The average molecular weight is 608 g/mol. The molecule has 2 heterocycles. The lowest BCUT2D eigenvalue weighted by Gasteiger charge is -2.41. The second kappa shape index (κ2) is 11.7. The standard InChI is InChI=1S/C23H28O15S2/c1-4-9(26)7-8(13(30)10(4)27)15(32)21(40-23-19(36)17(34)12(29)6(3-25)38-23)20(14(7)31)39-22-18(35)16(33)11(28)5(2-24)37-22/h5-6,11-12,16-19,22-26,28-29,31-36H,2-3H2,1H3/p-1/t5-,6-,11-,12-,16+,17+,18-,19-,22+,23+/m1/s1. The van der Waals surface area contributed by atoms with Crippen LogP contribution < -0.4 is 5.11 Å². The van der Waals surface area contributed by atoms with Crippen molar-refractivity contribution in [1.82, 2.24) is 0 Å². The lowest BCUT2D eigenvalue weighted by molar-refractivity contribution is -0.245. The van der Waals surface area contributed by atoms with Gasteiger partial charge in [0.15, 0.2) is 0 Å². The molecule has 0 aromatic heterocycles. The smallest absolute Gasteiger partial charge is 0.237 e. The molecule has 17 heteroatoms. The lowest BCUT2D eigenvalue weighted by atomic mass is 9.88. The molecule has 4 rings (SSSR count). The Hall–Kier alpha value is -2.00. The molecule has 1 aromatic rings. The van der Waals surface area contributed by atoms with E-state index < -0.39 is 128 Å². The van der Waals surface area contributed by atoms with E-state index in [4.69, 9.17) is 9.47 Å². The van der Waals surface area contributed by atoms with Crippen LogP contribution in [0.5, 0.6) is 11.5 Å². The molecule has 0 amide bonds. The number of thioether (sulfide) groups is 2. The van der Waals surface area contributed by atoms with E-state index in [9.17, 15) is 65.8 Å². The fourth-order valence-electron chi connectivity index (χ4n) is 4.48. The number of phenolic OH excluding ortho intramolecular Hbond substituents is 2. The summed E-state index contributed by atoms with van der Waals surface area (Å²) in [6, 6.07) is 0. The van der Waals surface area contributed by atoms with Crippen LogP contribution >= 0.6 is 23.5 Å². The fraction of sp³-hybridized carbons (Fsp3) is 0.565. The molecule has 2 fully saturated rings. The van der Waals surface area contributed by atoms with E-state index in [1.54, 1.807) is 0 Å². The van der Waals surface area contributed by atoms with Crippen LogP contribution in [0.2, 0.25) is 0 Å². The maximum atomic E-state index is 12.9. The zero-order valence-corrected chi connectivity index (χ0v) is 22.2. The van der Waals surface area contributed by atoms with Gasteiger partial charge in [0, 0.05) is 5.56 Å². The van der Waals surface area contributed by atoms with Crippen molar-refractivity contribution in [1.29, 1.82) is 0 Å². The van der Waals surface area contributed by atoms with Crippen LogP contribution in [0, 0.1) is 0 Å². The van der Waals surface area contributed by atoms with Crippen molar-refractivity contribution in [3.63, 3.8) is 0 Å². The Morgan fingerprint density at radius 3 is 1.48 bits per heavy atom. The molecule has 10 atom stereocenters. The highest BCUT2D eigenvalue weighted by Crippen LogP contribution is 2.54. The van der Waals surface area contributed by atoms with Crippen LogP contribution in [0.25, 0.3) is 5.76 Å². The molecule has 1 aliphatic carbocycles. The Kier molecular flexibility index (Phi) is 9.06. The summed E-state index contributed by atoms with van der Waals surface area (Å²) in [5.74, 6) is -5.63. The quantitative estimate of drug-likeness (QED) is 0.108. The number of carbonyl (C=O) groups is 2. The number of ether oxygens (including phenoxy) is 2. The molecule has 1 aromatic carbocycles. The zero-order valence-electron chi connectivity index (χ0n) is 20.5. The number of aromatic hydroxyl groups is 2. The molecule has 222 valence electrons. The first-order valence-electron chi connectivity index (χ1n) is 11.8. The van der Waals surface area contributed by atoms with Crippen molar-refractivity contribution in [2.45, 2.75) is 76.4 Å². The number of fused-ring (bicyclic) bond motifs is 1. The summed E-state index contributed by atoms with van der Waals surface area (Å²) in [5.41, 5.74) is -5.29. The molecule has 10 N–H and O–H groups in total. The highest BCUT2D eigenvalue weighted by Gasteiger charge is 2.47. The van der Waals surface area contributed by atoms with Gasteiger partial charge < -0.3 is 65.6 Å². The summed E-state index contributed by atoms with van der Waals surface area (Å²) in [5, 5.41) is 116. The molecular weight excluding hydrogens is 580 g/mol. The average Bonchev–Trinajstić information content (AvgIpc) is 2.93. The maximum absolute atomic E-state index is 12.9. The van der Waals surface area contributed by atoms with Gasteiger partial charge in [0.25, 0.3) is 0 Å². The minimum Gasteiger partial charge on any atom is -0.872 e. The van der Waals surface area contributed by atoms with E-state index in [0.29, 0.717) is 23.5 Å². The van der Waals surface area contributed by atoms with Gasteiger partial charge in [-0.2, -0.15) is 0 Å². The Labute approximate surface area is 233 Å². The third-order valence-electron chi connectivity index (χ3n) is 6.87. The number of hydrogen-bond acceptors (Lipinski definition) is 17. The number of hydrogen-bond donors (Lipinski definition) is 10. The number of phenols is 2. The Balaban J connectivity index is 1.87. The minimum absolute atomic E-state index is 0.375. The van der Waals surface area contributed by atoms with E-state index in [0.717, 1.165) is 6.92 Å². The van der Waals surface area contributed by atoms with E-state index in [2.05, 4.69) is 0 Å². The highest BCUT2D eigenvalue weighted by atomic mass is 32.2. The SMILES string of the molecule is CC1=C([O-])c2c(O)c(S[C@@H]3O[C@H](CO)[C@@H](O)[C@H](O)[C@H]3O)c(S[C@@H]3O[C@H](CO)[C@@H](O)[C@H](O)[C@H]3O)c(O)c2C(=O)C1=O. The number of rotatable bonds is 6. The van der Waals surface area contributed by atoms with Crippen molar-refractivity contribution in [3.8, 4) is 11.5 Å². The number of Topliss-reactive ketones (excluding diaryl/α,β-unsaturated/α-hetero) is 2. The first-order valence-corrected chi connectivity index (χ1v) is 13.6. The second-order valence-corrected chi connectivity index (χ2v) is 11.6. The molecule has 0 bridgehead atoms. The Morgan fingerprint density at radius 1 is 0.675 bits per heavy atom. The van der Waals surface area contributed by atoms with Gasteiger partial charge in [-0.05, 0) is 12.5 Å². The predicted molar refractivity (Wildman–Crippen MR) is 131 cm³/mol. The third kappa shape index (κ3) is 4.99. The van der Waals surface area contributed by atoms with Crippen LogP contribution in [-0.4, -0.2) is 136 Å². The fourth-order valence-corrected chi connectivity index (χ4v) is 7.06. The van der Waals surface area contributed by atoms with Gasteiger partial charge in [-0.25, -0.2) is 0 Å². The largest absolute Gasteiger partial charge is 0.872 e.